The van der Waals surface area contributed by atoms with Gasteiger partial charge in [0.25, 0.3) is 0 Å². The van der Waals surface area contributed by atoms with Gasteiger partial charge in [-0.25, -0.2) is 22.2 Å². The quantitative estimate of drug-likeness (QED) is 0.296. The van der Waals surface area contributed by atoms with Crippen molar-refractivity contribution in [3.05, 3.63) is 101 Å². The number of halogens is 6. The van der Waals surface area contributed by atoms with E-state index >= 15 is 8.78 Å². The molecule has 0 aliphatic heterocycles. The van der Waals surface area contributed by atoms with E-state index in [1.165, 1.54) is 6.07 Å². The fourth-order valence-electron chi connectivity index (χ4n) is 3.38. The molecule has 4 rings (SSSR count). The molecule has 0 aliphatic rings. The van der Waals surface area contributed by atoms with Crippen LogP contribution in [-0.2, 0) is 18.1 Å². The summed E-state index contributed by atoms with van der Waals surface area (Å²) in [4.78, 5) is 3.67. The van der Waals surface area contributed by atoms with Crippen LogP contribution in [0.15, 0.2) is 61.1 Å². The van der Waals surface area contributed by atoms with Crippen LogP contribution in [0.5, 0.6) is 5.75 Å². The van der Waals surface area contributed by atoms with E-state index in [2.05, 4.69) is 32.4 Å². The Morgan fingerprint density at radius 1 is 0.946 bits per heavy atom. The summed E-state index contributed by atoms with van der Waals surface area (Å²) in [6.07, 6.45) is 1.92. The van der Waals surface area contributed by atoms with Crippen molar-refractivity contribution < 1.29 is 36.2 Å². The monoisotopic (exact) mass is 519 g/mol. The van der Waals surface area contributed by atoms with Gasteiger partial charge in [-0.15, -0.1) is 5.10 Å². The number of tetrazole rings is 1. The van der Waals surface area contributed by atoms with E-state index in [-0.39, 0.29) is 17.9 Å². The van der Waals surface area contributed by atoms with Gasteiger partial charge in [-0.1, -0.05) is 11.8 Å². The first kappa shape index (κ1) is 25.6. The van der Waals surface area contributed by atoms with E-state index in [1.54, 1.807) is 0 Å². The van der Waals surface area contributed by atoms with Crippen molar-refractivity contribution in [3.63, 3.8) is 0 Å². The van der Waals surface area contributed by atoms with Gasteiger partial charge in [0.1, 0.15) is 36.1 Å². The molecule has 0 saturated carbocycles. The van der Waals surface area contributed by atoms with E-state index in [0.717, 1.165) is 41.5 Å². The Bertz CT molecular complexity index is 1450. The molecule has 2 heterocycles. The van der Waals surface area contributed by atoms with Crippen molar-refractivity contribution in [3.8, 4) is 17.6 Å². The topological polar surface area (TPSA) is 86.0 Å². The van der Waals surface area contributed by atoms with Crippen LogP contribution >= 0.6 is 0 Å². The number of benzene rings is 2. The molecule has 7 nitrogen and oxygen atoms in total. The zero-order valence-electron chi connectivity index (χ0n) is 18.5. The maximum absolute atomic E-state index is 15.7. The lowest BCUT2D eigenvalue weighted by molar-refractivity contribution is -0.207. The van der Waals surface area contributed by atoms with Gasteiger partial charge in [-0.2, -0.15) is 8.78 Å². The number of alkyl halides is 2. The average molecular weight is 519 g/mol. The van der Waals surface area contributed by atoms with Crippen molar-refractivity contribution >= 4 is 0 Å². The largest absolute Gasteiger partial charge is 0.478 e. The maximum atomic E-state index is 15.7. The highest BCUT2D eigenvalue weighted by molar-refractivity contribution is 5.36. The van der Waals surface area contributed by atoms with Crippen LogP contribution in [0.25, 0.3) is 0 Å². The van der Waals surface area contributed by atoms with Crippen LogP contribution in [0.3, 0.4) is 0 Å². The summed E-state index contributed by atoms with van der Waals surface area (Å²) in [5, 5.41) is 21.2. The molecule has 0 saturated heterocycles. The lowest BCUT2D eigenvalue weighted by atomic mass is 9.84. The number of hydrogen-bond acceptors (Lipinski definition) is 6. The van der Waals surface area contributed by atoms with Gasteiger partial charge in [0.15, 0.2) is 17.2 Å². The van der Waals surface area contributed by atoms with E-state index in [4.69, 9.17) is 4.74 Å². The minimum atomic E-state index is -4.22. The average Bonchev–Trinajstić information content (AvgIpc) is 3.36. The Morgan fingerprint density at radius 3 is 2.30 bits per heavy atom. The summed E-state index contributed by atoms with van der Waals surface area (Å²) in [6, 6.07) is 6.57. The fourth-order valence-corrected chi connectivity index (χ4v) is 3.38. The first-order valence-electron chi connectivity index (χ1n) is 10.4. The lowest BCUT2D eigenvalue weighted by Crippen LogP contribution is -2.48. The third kappa shape index (κ3) is 5.39. The second-order valence-corrected chi connectivity index (χ2v) is 7.66. The molecule has 1 unspecified atom stereocenters. The zero-order valence-corrected chi connectivity index (χ0v) is 18.5. The lowest BCUT2D eigenvalue weighted by Gasteiger charge is -2.35. The SMILES string of the molecule is OC(Cn1cnnn1)(c1ccc(F)cc1F)C(F)(F)c1ccc(C#CCOc2ccc(F)cc2F)cn1. The summed E-state index contributed by atoms with van der Waals surface area (Å²) in [5.41, 5.74) is -4.94. The van der Waals surface area contributed by atoms with E-state index < -0.39 is 52.6 Å². The van der Waals surface area contributed by atoms with Gasteiger partial charge < -0.3 is 9.84 Å². The molecule has 37 heavy (non-hydrogen) atoms. The molecule has 0 bridgehead atoms. The minimum Gasteiger partial charge on any atom is -0.478 e. The van der Waals surface area contributed by atoms with Gasteiger partial charge in [-0.05, 0) is 46.8 Å². The second-order valence-electron chi connectivity index (χ2n) is 7.66. The predicted molar refractivity (Wildman–Crippen MR) is 115 cm³/mol. The predicted octanol–water partition coefficient (Wildman–Crippen LogP) is 3.73. The Morgan fingerprint density at radius 2 is 1.68 bits per heavy atom. The summed E-state index contributed by atoms with van der Waals surface area (Å²) < 4.78 is 91.7. The van der Waals surface area contributed by atoms with Crippen LogP contribution in [0, 0.1) is 35.1 Å². The maximum Gasteiger partial charge on any atom is 0.323 e. The molecule has 0 amide bonds. The summed E-state index contributed by atoms with van der Waals surface area (Å²) in [7, 11) is 0. The molecular formula is C24H15F6N5O2. The molecule has 13 heteroatoms. The van der Waals surface area contributed by atoms with Crippen LogP contribution in [0.1, 0.15) is 16.8 Å². The van der Waals surface area contributed by atoms with E-state index in [9.17, 15) is 22.7 Å². The van der Waals surface area contributed by atoms with Gasteiger partial charge in [0.2, 0.25) is 0 Å². The number of nitrogens with zero attached hydrogens (tertiary/aromatic N) is 5. The molecule has 190 valence electrons. The van der Waals surface area contributed by atoms with Gasteiger partial charge in [0.05, 0.1) is 6.54 Å². The molecule has 2 aromatic carbocycles. The van der Waals surface area contributed by atoms with E-state index in [1.807, 2.05) is 0 Å². The molecule has 1 N–H and O–H groups in total. The summed E-state index contributed by atoms with van der Waals surface area (Å²) in [5.74, 6) is -3.46. The highest BCUT2D eigenvalue weighted by Crippen LogP contribution is 2.46. The van der Waals surface area contributed by atoms with Gasteiger partial charge in [0, 0.05) is 29.5 Å². The highest BCUT2D eigenvalue weighted by atomic mass is 19.3. The first-order chi connectivity index (χ1) is 17.6. The Hall–Kier alpha value is -4.44. The molecule has 2 aromatic heterocycles. The number of rotatable bonds is 7. The highest BCUT2D eigenvalue weighted by Gasteiger charge is 2.57. The Labute approximate surface area is 205 Å². The summed E-state index contributed by atoms with van der Waals surface area (Å²) in [6.45, 7) is -1.29. The number of hydrogen-bond donors (Lipinski definition) is 1. The number of ether oxygens (including phenoxy) is 1. The smallest absolute Gasteiger partial charge is 0.323 e. The molecule has 1 atom stereocenters. The van der Waals surface area contributed by atoms with Crippen LogP contribution < -0.4 is 4.74 Å². The van der Waals surface area contributed by atoms with Crippen molar-refractivity contribution in [1.82, 2.24) is 25.2 Å². The molecular weight excluding hydrogens is 504 g/mol. The molecule has 4 aromatic rings. The number of pyridine rings is 1. The van der Waals surface area contributed by atoms with Crippen LogP contribution in [-0.4, -0.2) is 36.9 Å². The first-order valence-corrected chi connectivity index (χ1v) is 10.4. The summed E-state index contributed by atoms with van der Waals surface area (Å²) >= 11 is 0. The molecule has 0 aliphatic carbocycles. The third-order valence-electron chi connectivity index (χ3n) is 5.19. The molecule has 0 fully saturated rings. The number of aromatic nitrogens is 5. The van der Waals surface area contributed by atoms with Gasteiger partial charge >= 0.3 is 5.92 Å². The fraction of sp³-hybridized carbons (Fsp3) is 0.167. The second kappa shape index (κ2) is 10.3. The van der Waals surface area contributed by atoms with Crippen molar-refractivity contribution in [2.24, 2.45) is 0 Å². The Kier molecular flexibility index (Phi) is 7.12. The van der Waals surface area contributed by atoms with Crippen molar-refractivity contribution in [2.45, 2.75) is 18.1 Å². The Balaban J connectivity index is 1.58. The van der Waals surface area contributed by atoms with Crippen molar-refractivity contribution in [2.75, 3.05) is 6.61 Å². The molecule has 0 spiro atoms. The molecule has 0 radical (unpaired) electrons. The van der Waals surface area contributed by atoms with Crippen LogP contribution in [0.4, 0.5) is 26.3 Å². The standard InChI is InChI=1S/C24H15F6N5O2/c25-16-4-6-18(19(27)10-16)23(36,13-35-14-32-33-34-35)24(29,30)22-8-3-15(12-31-22)2-1-9-37-21-7-5-17(26)11-20(21)28/h3-8,10-12,14,36H,9,13H2. The van der Waals surface area contributed by atoms with E-state index in [0.29, 0.717) is 18.2 Å². The number of aliphatic hydroxyl groups is 1. The van der Waals surface area contributed by atoms with Crippen molar-refractivity contribution in [1.29, 1.82) is 0 Å². The third-order valence-corrected chi connectivity index (χ3v) is 5.19. The minimum absolute atomic E-state index is 0.166. The zero-order chi connectivity index (χ0) is 26.6. The van der Waals surface area contributed by atoms with Crippen LogP contribution in [0.2, 0.25) is 0 Å². The normalized spacial score (nSPS) is 12.9. The van der Waals surface area contributed by atoms with Gasteiger partial charge in [-0.3, -0.25) is 4.98 Å².